The van der Waals surface area contributed by atoms with Crippen molar-refractivity contribution in [2.24, 2.45) is 0 Å². The predicted molar refractivity (Wildman–Crippen MR) is 153 cm³/mol. The average molecular weight is 459 g/mol. The molecule has 0 spiro atoms. The lowest BCUT2D eigenvalue weighted by Gasteiger charge is -2.10. The van der Waals surface area contributed by atoms with Crippen LogP contribution in [0.15, 0.2) is 133 Å². The Bertz CT molecular complexity index is 2090. The van der Waals surface area contributed by atoms with Gasteiger partial charge in [-0.1, -0.05) is 84.9 Å². The molecule has 2 nitrogen and oxygen atoms in total. The number of rotatable bonds is 2. The number of fused-ring (bicyclic) bond motifs is 7. The molecule has 0 N–H and O–H groups in total. The zero-order valence-corrected chi connectivity index (χ0v) is 19.6. The standard InChI is InChI=1S/C34H22N2/c1-2-12-25(13-3-1)35-31-16-8-6-14-27(31)29-22-34-30(21-33(29)35)28-15-7-9-17-32(28)36(34)26-19-18-23-10-4-5-11-24(23)20-26/h1-22H. The van der Waals surface area contributed by atoms with Crippen molar-refractivity contribution in [3.8, 4) is 11.4 Å². The topological polar surface area (TPSA) is 9.86 Å². The van der Waals surface area contributed by atoms with Gasteiger partial charge in [0.15, 0.2) is 0 Å². The number of hydrogen-bond acceptors (Lipinski definition) is 0. The van der Waals surface area contributed by atoms with Gasteiger partial charge in [-0.25, -0.2) is 0 Å². The van der Waals surface area contributed by atoms with Crippen molar-refractivity contribution in [1.29, 1.82) is 0 Å². The minimum atomic E-state index is 1.18. The third-order valence-electron chi connectivity index (χ3n) is 7.47. The highest BCUT2D eigenvalue weighted by Crippen LogP contribution is 2.39. The van der Waals surface area contributed by atoms with Gasteiger partial charge in [0.2, 0.25) is 0 Å². The van der Waals surface area contributed by atoms with Crippen molar-refractivity contribution in [1.82, 2.24) is 9.13 Å². The summed E-state index contributed by atoms with van der Waals surface area (Å²) in [6, 6.07) is 48.3. The summed E-state index contributed by atoms with van der Waals surface area (Å²) in [5.74, 6) is 0. The summed E-state index contributed by atoms with van der Waals surface area (Å²) in [4.78, 5) is 0. The summed E-state index contributed by atoms with van der Waals surface area (Å²) in [5, 5.41) is 7.59. The fourth-order valence-electron chi connectivity index (χ4n) is 5.88. The first-order valence-electron chi connectivity index (χ1n) is 12.4. The third kappa shape index (κ3) is 2.67. The Labute approximate surface area is 208 Å². The normalized spacial score (nSPS) is 11.9. The predicted octanol–water partition coefficient (Wildman–Crippen LogP) is 9.03. The lowest BCUT2D eigenvalue weighted by molar-refractivity contribution is 1.18. The van der Waals surface area contributed by atoms with Crippen LogP contribution in [0.3, 0.4) is 0 Å². The molecule has 8 rings (SSSR count). The Kier molecular flexibility index (Phi) is 3.97. The molecule has 0 saturated carbocycles. The van der Waals surface area contributed by atoms with Gasteiger partial charge in [-0.15, -0.1) is 0 Å². The van der Waals surface area contributed by atoms with Crippen LogP contribution >= 0.6 is 0 Å². The van der Waals surface area contributed by atoms with Crippen LogP contribution in [0.25, 0.3) is 65.8 Å². The first kappa shape index (κ1) is 19.5. The Morgan fingerprint density at radius 2 is 0.833 bits per heavy atom. The van der Waals surface area contributed by atoms with E-state index < -0.39 is 0 Å². The summed E-state index contributed by atoms with van der Waals surface area (Å²) in [5.41, 5.74) is 7.29. The number of aromatic nitrogens is 2. The van der Waals surface area contributed by atoms with Gasteiger partial charge in [0.05, 0.1) is 22.1 Å². The Balaban J connectivity index is 1.54. The van der Waals surface area contributed by atoms with Gasteiger partial charge in [-0.05, 0) is 59.3 Å². The van der Waals surface area contributed by atoms with Gasteiger partial charge in [0.25, 0.3) is 0 Å². The molecule has 2 aromatic heterocycles. The Hall–Kier alpha value is -4.82. The molecule has 0 aliphatic heterocycles. The zero-order valence-electron chi connectivity index (χ0n) is 19.6. The van der Waals surface area contributed by atoms with Crippen molar-refractivity contribution >= 4 is 54.4 Å². The fourth-order valence-corrected chi connectivity index (χ4v) is 5.88. The SMILES string of the molecule is c1ccc(-n2c3ccccc3c3cc4c(cc32)c2ccccc2n4-c2ccc3ccccc3c2)cc1. The molecule has 2 heteroatoms. The minimum Gasteiger partial charge on any atom is -0.309 e. The lowest BCUT2D eigenvalue weighted by Crippen LogP contribution is -1.94. The van der Waals surface area contributed by atoms with Gasteiger partial charge < -0.3 is 9.13 Å². The maximum atomic E-state index is 2.42. The summed E-state index contributed by atoms with van der Waals surface area (Å²) in [6.07, 6.45) is 0. The van der Waals surface area contributed by atoms with E-state index in [2.05, 4.69) is 143 Å². The van der Waals surface area contributed by atoms with Crippen LogP contribution in [0, 0.1) is 0 Å². The molecule has 8 aromatic rings. The van der Waals surface area contributed by atoms with E-state index in [1.165, 1.54) is 65.8 Å². The molecule has 36 heavy (non-hydrogen) atoms. The molecule has 0 atom stereocenters. The van der Waals surface area contributed by atoms with E-state index >= 15 is 0 Å². The van der Waals surface area contributed by atoms with E-state index in [9.17, 15) is 0 Å². The van der Waals surface area contributed by atoms with Gasteiger partial charge in [0, 0.05) is 32.9 Å². The third-order valence-corrected chi connectivity index (χ3v) is 7.47. The molecular formula is C34H22N2. The van der Waals surface area contributed by atoms with Crippen molar-refractivity contribution in [2.45, 2.75) is 0 Å². The largest absolute Gasteiger partial charge is 0.309 e. The molecule has 0 aliphatic rings. The van der Waals surface area contributed by atoms with Crippen molar-refractivity contribution in [3.05, 3.63) is 133 Å². The van der Waals surface area contributed by atoms with E-state index in [1.54, 1.807) is 0 Å². The Morgan fingerprint density at radius 3 is 1.50 bits per heavy atom. The number of nitrogens with zero attached hydrogens (tertiary/aromatic N) is 2. The van der Waals surface area contributed by atoms with Gasteiger partial charge >= 0.3 is 0 Å². The second-order valence-electron chi connectivity index (χ2n) is 9.46. The average Bonchev–Trinajstić information content (AvgIpc) is 3.44. The van der Waals surface area contributed by atoms with Crippen LogP contribution in [-0.2, 0) is 0 Å². The summed E-state index contributed by atoms with van der Waals surface area (Å²) >= 11 is 0. The molecule has 168 valence electrons. The number of para-hydroxylation sites is 3. The summed E-state index contributed by atoms with van der Waals surface area (Å²) in [7, 11) is 0. The van der Waals surface area contributed by atoms with E-state index in [4.69, 9.17) is 0 Å². The monoisotopic (exact) mass is 458 g/mol. The maximum Gasteiger partial charge on any atom is 0.0548 e. The van der Waals surface area contributed by atoms with Crippen LogP contribution in [0.5, 0.6) is 0 Å². The fraction of sp³-hybridized carbons (Fsp3) is 0. The van der Waals surface area contributed by atoms with Gasteiger partial charge in [-0.2, -0.15) is 0 Å². The molecule has 0 aliphatic carbocycles. The second-order valence-corrected chi connectivity index (χ2v) is 9.46. The summed E-state index contributed by atoms with van der Waals surface area (Å²) in [6.45, 7) is 0. The molecule has 0 saturated heterocycles. The van der Waals surface area contributed by atoms with Gasteiger partial charge in [0.1, 0.15) is 0 Å². The molecule has 6 aromatic carbocycles. The van der Waals surface area contributed by atoms with E-state index in [0.717, 1.165) is 0 Å². The van der Waals surface area contributed by atoms with E-state index in [1.807, 2.05) is 0 Å². The van der Waals surface area contributed by atoms with E-state index in [0.29, 0.717) is 0 Å². The highest BCUT2D eigenvalue weighted by atomic mass is 15.0. The summed E-state index contributed by atoms with van der Waals surface area (Å²) < 4.78 is 4.82. The maximum absolute atomic E-state index is 2.42. The quantitative estimate of drug-likeness (QED) is 0.244. The Morgan fingerprint density at radius 1 is 0.306 bits per heavy atom. The van der Waals surface area contributed by atoms with Crippen LogP contribution in [0.1, 0.15) is 0 Å². The second kappa shape index (κ2) is 7.34. The highest BCUT2D eigenvalue weighted by Gasteiger charge is 2.18. The number of benzene rings is 6. The molecule has 0 radical (unpaired) electrons. The molecule has 0 fully saturated rings. The van der Waals surface area contributed by atoms with Crippen molar-refractivity contribution < 1.29 is 0 Å². The van der Waals surface area contributed by atoms with Crippen LogP contribution in [-0.4, -0.2) is 9.13 Å². The molecular weight excluding hydrogens is 436 g/mol. The number of hydrogen-bond donors (Lipinski definition) is 0. The van der Waals surface area contributed by atoms with Crippen LogP contribution < -0.4 is 0 Å². The van der Waals surface area contributed by atoms with E-state index in [-0.39, 0.29) is 0 Å². The molecule has 0 bridgehead atoms. The van der Waals surface area contributed by atoms with Crippen molar-refractivity contribution in [3.63, 3.8) is 0 Å². The smallest absolute Gasteiger partial charge is 0.0548 e. The van der Waals surface area contributed by atoms with Crippen LogP contribution in [0.2, 0.25) is 0 Å². The van der Waals surface area contributed by atoms with Crippen LogP contribution in [0.4, 0.5) is 0 Å². The first-order chi connectivity index (χ1) is 17.9. The highest BCUT2D eigenvalue weighted by molar-refractivity contribution is 6.19. The lowest BCUT2D eigenvalue weighted by atomic mass is 10.1. The van der Waals surface area contributed by atoms with Crippen molar-refractivity contribution in [2.75, 3.05) is 0 Å². The molecule has 0 unspecified atom stereocenters. The zero-order chi connectivity index (χ0) is 23.6. The minimum absolute atomic E-state index is 1.18. The van der Waals surface area contributed by atoms with Gasteiger partial charge in [-0.3, -0.25) is 0 Å². The molecule has 0 amide bonds. The molecule has 2 heterocycles. The first-order valence-corrected chi connectivity index (χ1v) is 12.4.